The molecule has 0 aliphatic rings. The molecule has 0 aliphatic carbocycles. The van der Waals surface area contributed by atoms with Crippen molar-refractivity contribution in [3.63, 3.8) is 0 Å². The number of carbonyl (C=O) groups is 1. The second kappa shape index (κ2) is 10.8. The van der Waals surface area contributed by atoms with Crippen molar-refractivity contribution >= 4 is 34.1 Å². The molecule has 0 saturated carbocycles. The van der Waals surface area contributed by atoms with Crippen LogP contribution < -0.4 is 10.1 Å². The van der Waals surface area contributed by atoms with Crippen LogP contribution in [-0.2, 0) is 11.4 Å². The minimum Gasteiger partial charge on any atom is -0.484 e. The Morgan fingerprint density at radius 2 is 1.94 bits per heavy atom. The molecule has 0 bridgehead atoms. The first kappa shape index (κ1) is 24.0. The molecule has 1 N–H and O–H groups in total. The van der Waals surface area contributed by atoms with E-state index in [1.54, 1.807) is 0 Å². The fraction of sp³-hybridized carbons (Fsp3) is 0.280. The van der Waals surface area contributed by atoms with E-state index < -0.39 is 0 Å². The molecule has 0 aliphatic heterocycles. The lowest BCUT2D eigenvalue weighted by Crippen LogP contribution is -2.13. The number of benzene rings is 2. The Bertz CT molecular complexity index is 1270. The van der Waals surface area contributed by atoms with E-state index in [-0.39, 0.29) is 18.3 Å². The number of nitrogens with zero attached hydrogens (tertiary/aromatic N) is 3. The van der Waals surface area contributed by atoms with Crippen molar-refractivity contribution in [3.05, 3.63) is 70.4 Å². The molecule has 0 saturated heterocycles. The molecule has 0 unspecified atom stereocenters. The molecule has 34 heavy (non-hydrogen) atoms. The number of nitrogens with one attached hydrogen (secondary N) is 1. The molecule has 1 amide bonds. The summed E-state index contributed by atoms with van der Waals surface area (Å²) in [4.78, 5) is 18.0. The van der Waals surface area contributed by atoms with Gasteiger partial charge in [-0.1, -0.05) is 68.1 Å². The van der Waals surface area contributed by atoms with Crippen LogP contribution in [0.2, 0.25) is 0 Å². The number of aromatic nitrogens is 3. The molecule has 0 spiro atoms. The van der Waals surface area contributed by atoms with E-state index in [9.17, 15) is 4.79 Å². The third-order valence-electron chi connectivity index (χ3n) is 5.01. The number of anilines is 1. The van der Waals surface area contributed by atoms with Crippen molar-refractivity contribution in [1.82, 2.24) is 15.2 Å². The number of aryl methyl sites for hydroxylation is 2. The lowest BCUT2D eigenvalue weighted by molar-refractivity contribution is -0.113. The van der Waals surface area contributed by atoms with Crippen LogP contribution in [0.25, 0.3) is 11.3 Å². The van der Waals surface area contributed by atoms with Crippen LogP contribution in [0.3, 0.4) is 0 Å². The van der Waals surface area contributed by atoms with Gasteiger partial charge in [-0.15, -0.1) is 21.5 Å². The number of hydrogen-bond acceptors (Lipinski definition) is 8. The number of carbonyl (C=O) groups excluding carboxylic acids is 1. The zero-order valence-electron chi connectivity index (χ0n) is 19.5. The molecule has 4 rings (SSSR count). The van der Waals surface area contributed by atoms with Crippen LogP contribution in [-0.4, -0.2) is 26.8 Å². The molecule has 2 aromatic carbocycles. The fourth-order valence-electron chi connectivity index (χ4n) is 3.33. The minimum absolute atomic E-state index is 0.136. The van der Waals surface area contributed by atoms with Gasteiger partial charge in [0.1, 0.15) is 5.75 Å². The summed E-state index contributed by atoms with van der Waals surface area (Å²) in [6.45, 7) is 8.44. The Balaban J connectivity index is 1.30. The summed E-state index contributed by atoms with van der Waals surface area (Å²) in [5, 5.41) is 11.8. The van der Waals surface area contributed by atoms with Gasteiger partial charge in [-0.2, -0.15) is 0 Å². The van der Waals surface area contributed by atoms with Gasteiger partial charge in [-0.3, -0.25) is 4.79 Å². The number of rotatable bonds is 9. The monoisotopic (exact) mass is 494 g/mol. The SMILES string of the molecule is Cc1ccc(C(C)C)c(OCc2nnc(SCC(=O)Nc3nc(-c4ccccc4)c(C)s3)o2)c1. The number of hydrogen-bond donors (Lipinski definition) is 1. The molecule has 2 aromatic heterocycles. The van der Waals surface area contributed by atoms with Crippen molar-refractivity contribution in [2.24, 2.45) is 0 Å². The molecule has 7 nitrogen and oxygen atoms in total. The molecule has 4 aromatic rings. The summed E-state index contributed by atoms with van der Waals surface area (Å²) in [5.74, 6) is 1.47. The molecule has 0 fully saturated rings. The average Bonchev–Trinajstić information content (AvgIpc) is 3.42. The minimum atomic E-state index is -0.185. The Hall–Kier alpha value is -3.17. The topological polar surface area (TPSA) is 90.1 Å². The molecule has 2 heterocycles. The van der Waals surface area contributed by atoms with Crippen molar-refractivity contribution in [3.8, 4) is 17.0 Å². The van der Waals surface area contributed by atoms with E-state index in [4.69, 9.17) is 9.15 Å². The maximum atomic E-state index is 12.4. The average molecular weight is 495 g/mol. The van der Waals surface area contributed by atoms with E-state index in [2.05, 4.69) is 46.5 Å². The van der Waals surface area contributed by atoms with Crippen molar-refractivity contribution < 1.29 is 13.9 Å². The third kappa shape index (κ3) is 6.03. The van der Waals surface area contributed by atoms with Crippen LogP contribution >= 0.6 is 23.1 Å². The highest BCUT2D eigenvalue weighted by atomic mass is 32.2. The lowest BCUT2D eigenvalue weighted by Gasteiger charge is -2.13. The second-order valence-electron chi connectivity index (χ2n) is 8.07. The first-order chi connectivity index (χ1) is 16.4. The molecular weight excluding hydrogens is 468 g/mol. The van der Waals surface area contributed by atoms with Gasteiger partial charge in [-0.25, -0.2) is 4.98 Å². The highest BCUT2D eigenvalue weighted by Crippen LogP contribution is 2.31. The van der Waals surface area contributed by atoms with Crippen LogP contribution in [0.1, 0.15) is 41.7 Å². The Labute approximate surface area is 207 Å². The van der Waals surface area contributed by atoms with Gasteiger partial charge in [0.25, 0.3) is 11.1 Å². The smallest absolute Gasteiger partial charge is 0.277 e. The zero-order chi connectivity index (χ0) is 24.1. The summed E-state index contributed by atoms with van der Waals surface area (Å²) < 4.78 is 11.6. The second-order valence-corrected chi connectivity index (χ2v) is 10.2. The van der Waals surface area contributed by atoms with E-state index in [1.807, 2.05) is 50.2 Å². The first-order valence-corrected chi connectivity index (χ1v) is 12.7. The fourth-order valence-corrected chi connectivity index (χ4v) is 4.77. The van der Waals surface area contributed by atoms with Gasteiger partial charge in [0.05, 0.1) is 11.4 Å². The van der Waals surface area contributed by atoms with Gasteiger partial charge < -0.3 is 14.5 Å². The summed E-state index contributed by atoms with van der Waals surface area (Å²) in [5.41, 5.74) is 4.16. The van der Waals surface area contributed by atoms with Crippen molar-refractivity contribution in [2.75, 3.05) is 11.1 Å². The van der Waals surface area contributed by atoms with Gasteiger partial charge in [0, 0.05) is 10.4 Å². The summed E-state index contributed by atoms with van der Waals surface area (Å²) in [7, 11) is 0. The summed E-state index contributed by atoms with van der Waals surface area (Å²) in [6.07, 6.45) is 0. The van der Waals surface area contributed by atoms with Crippen LogP contribution in [0.5, 0.6) is 5.75 Å². The molecular formula is C25H26N4O3S2. The van der Waals surface area contributed by atoms with Crippen LogP contribution in [0.4, 0.5) is 5.13 Å². The maximum absolute atomic E-state index is 12.4. The Morgan fingerprint density at radius 1 is 1.15 bits per heavy atom. The maximum Gasteiger partial charge on any atom is 0.277 e. The Morgan fingerprint density at radius 3 is 2.71 bits per heavy atom. The number of thiazole rings is 1. The quantitative estimate of drug-likeness (QED) is 0.275. The molecule has 176 valence electrons. The zero-order valence-corrected chi connectivity index (χ0v) is 21.1. The van der Waals surface area contributed by atoms with Crippen LogP contribution in [0, 0.1) is 13.8 Å². The number of amides is 1. The molecule has 9 heteroatoms. The van der Waals surface area contributed by atoms with Gasteiger partial charge in [0.15, 0.2) is 11.7 Å². The highest BCUT2D eigenvalue weighted by Gasteiger charge is 2.15. The predicted molar refractivity (Wildman–Crippen MR) is 136 cm³/mol. The van der Waals surface area contributed by atoms with E-state index in [1.165, 1.54) is 23.1 Å². The van der Waals surface area contributed by atoms with E-state index in [0.29, 0.717) is 22.2 Å². The normalized spacial score (nSPS) is 11.1. The summed E-state index contributed by atoms with van der Waals surface area (Å²) in [6, 6.07) is 16.1. The van der Waals surface area contributed by atoms with E-state index >= 15 is 0 Å². The number of thioether (sulfide) groups is 1. The van der Waals surface area contributed by atoms with Gasteiger partial charge in [0.2, 0.25) is 5.91 Å². The third-order valence-corrected chi connectivity index (χ3v) is 6.71. The van der Waals surface area contributed by atoms with Crippen molar-refractivity contribution in [2.45, 2.75) is 45.4 Å². The molecule has 0 atom stereocenters. The Kier molecular flexibility index (Phi) is 7.64. The lowest BCUT2D eigenvalue weighted by atomic mass is 10.0. The first-order valence-electron chi connectivity index (χ1n) is 10.9. The molecule has 0 radical (unpaired) electrons. The predicted octanol–water partition coefficient (Wildman–Crippen LogP) is 6.24. The van der Waals surface area contributed by atoms with Crippen molar-refractivity contribution in [1.29, 1.82) is 0 Å². The van der Waals surface area contributed by atoms with Gasteiger partial charge >= 0.3 is 0 Å². The summed E-state index contributed by atoms with van der Waals surface area (Å²) >= 11 is 2.63. The van der Waals surface area contributed by atoms with E-state index in [0.717, 1.165) is 33.0 Å². The number of ether oxygens (including phenoxy) is 1. The van der Waals surface area contributed by atoms with Gasteiger partial charge in [-0.05, 0) is 37.0 Å². The standard InChI is InChI=1S/C25H26N4O3S2/c1-15(2)19-11-10-16(3)12-20(19)31-13-22-28-29-25(32-22)33-14-21(30)26-24-27-23(17(4)34-24)18-8-6-5-7-9-18/h5-12,15H,13-14H2,1-4H3,(H,26,27,30). The highest BCUT2D eigenvalue weighted by molar-refractivity contribution is 7.99. The van der Waals surface area contributed by atoms with Crippen LogP contribution in [0.15, 0.2) is 58.2 Å². The largest absolute Gasteiger partial charge is 0.484 e.